The Bertz CT molecular complexity index is 872. The first-order valence-corrected chi connectivity index (χ1v) is 12.6. The number of nitrogens with zero attached hydrogens (tertiary/aromatic N) is 2. The third kappa shape index (κ3) is 7.55. The first-order valence-electron chi connectivity index (χ1n) is 8.42. The molecule has 0 unspecified atom stereocenters. The van der Waals surface area contributed by atoms with Crippen molar-refractivity contribution in [3.63, 3.8) is 0 Å². The van der Waals surface area contributed by atoms with Gasteiger partial charge in [-0.1, -0.05) is 31.9 Å². The number of aliphatic carboxylic acids is 1. The van der Waals surface area contributed by atoms with E-state index in [0.717, 1.165) is 12.3 Å². The fraction of sp³-hybridized carbons (Fsp3) is 0.500. The zero-order valence-corrected chi connectivity index (χ0v) is 19.5. The molecule has 0 atom stereocenters. The van der Waals surface area contributed by atoms with Gasteiger partial charge >= 0.3 is 5.97 Å². The summed E-state index contributed by atoms with van der Waals surface area (Å²) in [5, 5.41) is 23.6. The topological polar surface area (TPSA) is 147 Å². The van der Waals surface area contributed by atoms with E-state index < -0.39 is 32.3 Å². The SMILES string of the molecule is CS(=O)(=O)c1cc([N+](=O)[O-])c(C(=O)NCCCC(=O)O)cc1N(CCBr)CCBr. The summed E-state index contributed by atoms with van der Waals surface area (Å²) < 4.78 is 24.5. The molecule has 1 rings (SSSR count). The van der Waals surface area contributed by atoms with Crippen LogP contribution in [0.1, 0.15) is 23.2 Å². The van der Waals surface area contributed by atoms with E-state index in [9.17, 15) is 28.1 Å². The van der Waals surface area contributed by atoms with Crippen LogP contribution in [0.3, 0.4) is 0 Å². The van der Waals surface area contributed by atoms with Crippen molar-refractivity contribution < 1.29 is 28.0 Å². The zero-order chi connectivity index (χ0) is 22.2. The molecule has 0 bridgehead atoms. The van der Waals surface area contributed by atoms with E-state index in [1.807, 2.05) is 0 Å². The van der Waals surface area contributed by atoms with Crippen LogP contribution in [0.5, 0.6) is 0 Å². The maximum absolute atomic E-state index is 12.5. The molecular weight excluding hydrogens is 538 g/mol. The first-order chi connectivity index (χ1) is 13.5. The summed E-state index contributed by atoms with van der Waals surface area (Å²) in [6, 6.07) is 2.10. The summed E-state index contributed by atoms with van der Waals surface area (Å²) in [4.78, 5) is 35.2. The lowest BCUT2D eigenvalue weighted by Crippen LogP contribution is -2.30. The average Bonchev–Trinajstić information content (AvgIpc) is 2.62. The van der Waals surface area contributed by atoms with Crippen LogP contribution in [0.2, 0.25) is 0 Å². The molecule has 2 N–H and O–H groups in total. The molecule has 0 saturated heterocycles. The minimum atomic E-state index is -3.82. The standard InChI is InChI=1S/C16H21Br2N3O7S/c1-29(27,28)14-10-12(21(25)26)11(16(24)19-6-2-3-15(22)23)9-13(14)20(7-4-17)8-5-18/h9-10H,2-8H2,1H3,(H,19,24)(H,22,23). The van der Waals surface area contributed by atoms with Gasteiger partial charge in [-0.25, -0.2) is 8.42 Å². The Hall–Kier alpha value is -1.73. The summed E-state index contributed by atoms with van der Waals surface area (Å²) in [6.45, 7) is 0.829. The van der Waals surface area contributed by atoms with Crippen LogP contribution >= 0.6 is 31.9 Å². The van der Waals surface area contributed by atoms with Crippen molar-refractivity contribution in [1.82, 2.24) is 5.32 Å². The number of carboxylic acids is 1. The number of rotatable bonds is 12. The molecule has 0 aliphatic carbocycles. The number of sulfone groups is 1. The van der Waals surface area contributed by atoms with Gasteiger partial charge in [0.1, 0.15) is 5.56 Å². The molecular formula is C16H21Br2N3O7S. The van der Waals surface area contributed by atoms with E-state index in [-0.39, 0.29) is 35.5 Å². The Labute approximate surface area is 185 Å². The minimum Gasteiger partial charge on any atom is -0.481 e. The number of carbonyl (C=O) groups excluding carboxylic acids is 1. The Morgan fingerprint density at radius 3 is 2.28 bits per heavy atom. The smallest absolute Gasteiger partial charge is 0.303 e. The van der Waals surface area contributed by atoms with Crippen LogP contribution in [0, 0.1) is 10.1 Å². The van der Waals surface area contributed by atoms with Gasteiger partial charge in [-0.15, -0.1) is 0 Å². The van der Waals surface area contributed by atoms with Gasteiger partial charge in [0.25, 0.3) is 11.6 Å². The van der Waals surface area contributed by atoms with E-state index in [4.69, 9.17) is 5.11 Å². The van der Waals surface area contributed by atoms with Gasteiger partial charge in [-0.05, 0) is 12.5 Å². The van der Waals surface area contributed by atoms with Crippen LogP contribution in [0.15, 0.2) is 17.0 Å². The number of halogens is 2. The van der Waals surface area contributed by atoms with Crippen LogP contribution in [-0.2, 0) is 14.6 Å². The van der Waals surface area contributed by atoms with Gasteiger partial charge in [0.2, 0.25) is 0 Å². The highest BCUT2D eigenvalue weighted by atomic mass is 79.9. The molecule has 29 heavy (non-hydrogen) atoms. The van der Waals surface area contributed by atoms with Gasteiger partial charge in [0.15, 0.2) is 9.84 Å². The summed E-state index contributed by atoms with van der Waals surface area (Å²) in [5.41, 5.74) is -0.739. The lowest BCUT2D eigenvalue weighted by Gasteiger charge is -2.25. The molecule has 0 spiro atoms. The van der Waals surface area contributed by atoms with Gasteiger partial charge in [0.05, 0.1) is 15.5 Å². The largest absolute Gasteiger partial charge is 0.481 e. The molecule has 13 heteroatoms. The van der Waals surface area contributed by atoms with Crippen molar-refractivity contribution >= 4 is 64.9 Å². The molecule has 0 fully saturated rings. The summed E-state index contributed by atoms with van der Waals surface area (Å²) in [6.07, 6.45) is 0.940. The number of carbonyl (C=O) groups is 2. The van der Waals surface area contributed by atoms with Gasteiger partial charge in [0, 0.05) is 49.0 Å². The number of nitrogens with one attached hydrogen (secondary N) is 1. The quantitative estimate of drug-likeness (QED) is 0.172. The van der Waals surface area contributed by atoms with E-state index in [2.05, 4.69) is 37.2 Å². The molecule has 1 aromatic carbocycles. The summed E-state index contributed by atoms with van der Waals surface area (Å²) in [5.74, 6) is -1.80. The number of benzene rings is 1. The number of amides is 1. The van der Waals surface area contributed by atoms with E-state index in [0.29, 0.717) is 23.7 Å². The molecule has 1 aromatic rings. The molecule has 0 saturated carbocycles. The highest BCUT2D eigenvalue weighted by Crippen LogP contribution is 2.33. The second-order valence-corrected chi connectivity index (χ2v) is 9.55. The molecule has 0 heterocycles. The first kappa shape index (κ1) is 25.3. The van der Waals surface area contributed by atoms with Crippen molar-refractivity contribution in [1.29, 1.82) is 0 Å². The monoisotopic (exact) mass is 557 g/mol. The van der Waals surface area contributed by atoms with Crippen molar-refractivity contribution in [3.8, 4) is 0 Å². The number of nitro groups is 1. The molecule has 1 amide bonds. The number of hydrogen-bond donors (Lipinski definition) is 2. The lowest BCUT2D eigenvalue weighted by atomic mass is 10.1. The second kappa shape index (κ2) is 11.5. The molecule has 0 aliphatic heterocycles. The van der Waals surface area contributed by atoms with Gasteiger partial charge < -0.3 is 15.3 Å². The average molecular weight is 559 g/mol. The number of carboxylic acid groups (broad SMARTS) is 1. The molecule has 0 radical (unpaired) electrons. The maximum atomic E-state index is 12.5. The third-order valence-corrected chi connectivity index (χ3v) is 5.66. The van der Waals surface area contributed by atoms with Gasteiger partial charge in [-0.2, -0.15) is 0 Å². The third-order valence-electron chi connectivity index (χ3n) is 3.82. The predicted octanol–water partition coefficient (Wildman–Crippen LogP) is 2.19. The van der Waals surface area contributed by atoms with Crippen molar-refractivity contribution in [2.75, 3.05) is 41.5 Å². The predicted molar refractivity (Wildman–Crippen MR) is 115 cm³/mol. The Morgan fingerprint density at radius 1 is 1.24 bits per heavy atom. The Balaban J connectivity index is 3.47. The summed E-state index contributed by atoms with van der Waals surface area (Å²) in [7, 11) is -3.82. The normalized spacial score (nSPS) is 11.1. The minimum absolute atomic E-state index is 0.0119. The molecule has 0 aliphatic rings. The fourth-order valence-electron chi connectivity index (χ4n) is 2.53. The Morgan fingerprint density at radius 2 is 1.83 bits per heavy atom. The molecule has 0 aromatic heterocycles. The van der Waals surface area contributed by atoms with E-state index in [1.165, 1.54) is 6.07 Å². The number of anilines is 1. The Kier molecular flexibility index (Phi) is 10.00. The van der Waals surface area contributed by atoms with Crippen molar-refractivity contribution in [2.45, 2.75) is 17.7 Å². The second-order valence-electron chi connectivity index (χ2n) is 5.98. The van der Waals surface area contributed by atoms with Crippen LogP contribution in [-0.4, -0.2) is 66.9 Å². The number of hydrogen-bond acceptors (Lipinski definition) is 7. The maximum Gasteiger partial charge on any atom is 0.303 e. The van der Waals surface area contributed by atoms with E-state index in [1.54, 1.807) is 4.90 Å². The summed E-state index contributed by atoms with van der Waals surface area (Å²) >= 11 is 6.58. The lowest BCUT2D eigenvalue weighted by molar-refractivity contribution is -0.385. The van der Waals surface area contributed by atoms with Crippen LogP contribution in [0.4, 0.5) is 11.4 Å². The van der Waals surface area contributed by atoms with Gasteiger partial charge in [-0.3, -0.25) is 19.7 Å². The van der Waals surface area contributed by atoms with Crippen molar-refractivity contribution in [3.05, 3.63) is 27.8 Å². The fourth-order valence-corrected chi connectivity index (χ4v) is 4.28. The van der Waals surface area contributed by atoms with Crippen LogP contribution < -0.4 is 10.2 Å². The molecule has 162 valence electrons. The highest BCUT2D eigenvalue weighted by molar-refractivity contribution is 9.09. The van der Waals surface area contributed by atoms with Crippen molar-refractivity contribution in [2.24, 2.45) is 0 Å². The zero-order valence-electron chi connectivity index (χ0n) is 15.6. The highest BCUT2D eigenvalue weighted by Gasteiger charge is 2.28. The van der Waals surface area contributed by atoms with Crippen LogP contribution in [0.25, 0.3) is 0 Å². The number of alkyl halides is 2. The number of nitro benzene ring substituents is 1. The van der Waals surface area contributed by atoms with E-state index >= 15 is 0 Å². The molecule has 10 nitrogen and oxygen atoms in total.